The lowest BCUT2D eigenvalue weighted by Crippen LogP contribution is -2.24. The van der Waals surface area contributed by atoms with Crippen molar-refractivity contribution in [2.75, 3.05) is 13.2 Å². The number of rotatable bonds is 7. The molecule has 0 fully saturated rings. The molecule has 0 saturated carbocycles. The van der Waals surface area contributed by atoms with Crippen LogP contribution in [0.25, 0.3) is 11.1 Å². The average molecular weight is 439 g/mol. The number of fused-ring (bicyclic) bond motifs is 1. The molecule has 0 saturated heterocycles. The fourth-order valence-corrected chi connectivity index (χ4v) is 5.00. The molecule has 1 unspecified atom stereocenters. The highest BCUT2D eigenvalue weighted by Gasteiger charge is 2.34. The standard InChI is InChI=1S/C23H32BrFO2/c1-7-14(4)16-10-11-23(5,6)20-17(16)12-18(15(8-2)19(25)13-26)22(21(20)24)27-9-3/h10,12,14,26H,7-9,11,13H2,1-6H3/b19-15+. The molecule has 2 nitrogen and oxygen atoms in total. The summed E-state index contributed by atoms with van der Waals surface area (Å²) >= 11 is 3.80. The van der Waals surface area contributed by atoms with Crippen molar-refractivity contribution in [3.63, 3.8) is 0 Å². The summed E-state index contributed by atoms with van der Waals surface area (Å²) in [5.74, 6) is 0.610. The molecule has 0 radical (unpaired) electrons. The summed E-state index contributed by atoms with van der Waals surface area (Å²) in [4.78, 5) is 0. The first kappa shape index (κ1) is 22.2. The van der Waals surface area contributed by atoms with Crippen LogP contribution >= 0.6 is 15.9 Å². The van der Waals surface area contributed by atoms with Crippen molar-refractivity contribution in [3.8, 4) is 5.75 Å². The van der Waals surface area contributed by atoms with Crippen molar-refractivity contribution < 1.29 is 14.2 Å². The molecule has 0 bridgehead atoms. The first-order valence-corrected chi connectivity index (χ1v) is 10.7. The van der Waals surface area contributed by atoms with Crippen LogP contribution in [0.1, 0.15) is 77.5 Å². The van der Waals surface area contributed by atoms with E-state index in [1.165, 1.54) is 16.7 Å². The zero-order valence-electron chi connectivity index (χ0n) is 17.4. The summed E-state index contributed by atoms with van der Waals surface area (Å²) in [5.41, 5.74) is 4.92. The Morgan fingerprint density at radius 2 is 2.00 bits per heavy atom. The summed E-state index contributed by atoms with van der Waals surface area (Å²) in [7, 11) is 0. The number of aliphatic hydroxyl groups excluding tert-OH is 1. The first-order valence-electron chi connectivity index (χ1n) is 9.92. The lowest BCUT2D eigenvalue weighted by atomic mass is 9.70. The van der Waals surface area contributed by atoms with Crippen molar-refractivity contribution in [1.29, 1.82) is 0 Å². The third kappa shape index (κ3) is 4.17. The van der Waals surface area contributed by atoms with Crippen molar-refractivity contribution in [2.45, 2.75) is 66.2 Å². The van der Waals surface area contributed by atoms with Crippen LogP contribution in [-0.4, -0.2) is 18.3 Å². The van der Waals surface area contributed by atoms with E-state index in [9.17, 15) is 9.50 Å². The van der Waals surface area contributed by atoms with Gasteiger partial charge in [-0.05, 0) is 81.8 Å². The van der Waals surface area contributed by atoms with Gasteiger partial charge in [0, 0.05) is 5.56 Å². The quantitative estimate of drug-likeness (QED) is 0.494. The maximum atomic E-state index is 14.5. The van der Waals surface area contributed by atoms with Gasteiger partial charge in [-0.1, -0.05) is 40.7 Å². The molecule has 1 aromatic carbocycles. The van der Waals surface area contributed by atoms with E-state index < -0.39 is 12.4 Å². The Kier molecular flexibility index (Phi) is 7.32. The van der Waals surface area contributed by atoms with E-state index >= 15 is 0 Å². The predicted octanol–water partition coefficient (Wildman–Crippen LogP) is 7.04. The van der Waals surface area contributed by atoms with Crippen LogP contribution in [0.5, 0.6) is 5.75 Å². The Bertz CT molecular complexity index is 762. The minimum Gasteiger partial charge on any atom is -0.492 e. The Morgan fingerprint density at radius 1 is 1.33 bits per heavy atom. The van der Waals surface area contributed by atoms with Crippen molar-refractivity contribution in [3.05, 3.63) is 39.1 Å². The highest BCUT2D eigenvalue weighted by atomic mass is 79.9. The van der Waals surface area contributed by atoms with E-state index in [1.807, 2.05) is 13.8 Å². The van der Waals surface area contributed by atoms with Crippen LogP contribution in [0.2, 0.25) is 0 Å². The summed E-state index contributed by atoms with van der Waals surface area (Å²) in [6.45, 7) is 12.6. The minimum absolute atomic E-state index is 0.0406. The second-order valence-corrected chi connectivity index (χ2v) is 8.67. The molecule has 150 valence electrons. The first-order chi connectivity index (χ1) is 12.7. The average Bonchev–Trinajstić information content (AvgIpc) is 2.63. The van der Waals surface area contributed by atoms with Crippen LogP contribution < -0.4 is 4.74 Å². The molecule has 1 aliphatic rings. The van der Waals surface area contributed by atoms with Crippen LogP contribution in [-0.2, 0) is 5.41 Å². The van der Waals surface area contributed by atoms with Crippen molar-refractivity contribution >= 4 is 27.1 Å². The molecule has 0 aliphatic heterocycles. The van der Waals surface area contributed by atoms with E-state index in [1.54, 1.807) is 0 Å². The Labute approximate surface area is 171 Å². The van der Waals surface area contributed by atoms with Gasteiger partial charge < -0.3 is 9.84 Å². The monoisotopic (exact) mass is 438 g/mol. The largest absolute Gasteiger partial charge is 0.492 e. The molecule has 2 rings (SSSR count). The molecule has 4 heteroatoms. The molecule has 1 aliphatic carbocycles. The van der Waals surface area contributed by atoms with E-state index in [0.29, 0.717) is 30.3 Å². The lowest BCUT2D eigenvalue weighted by Gasteiger charge is -2.36. The van der Waals surface area contributed by atoms with Gasteiger partial charge in [0.25, 0.3) is 0 Å². The van der Waals surface area contributed by atoms with Gasteiger partial charge >= 0.3 is 0 Å². The van der Waals surface area contributed by atoms with E-state index in [-0.39, 0.29) is 5.41 Å². The predicted molar refractivity (Wildman–Crippen MR) is 116 cm³/mol. The second kappa shape index (κ2) is 8.91. The number of ether oxygens (including phenoxy) is 1. The molecule has 1 aromatic rings. The summed E-state index contributed by atoms with van der Waals surface area (Å²) in [5, 5.41) is 9.39. The topological polar surface area (TPSA) is 29.5 Å². The fraction of sp³-hybridized carbons (Fsp3) is 0.565. The SMILES string of the molecule is CCOc1c(/C(CC)=C(/F)CO)cc2c(c1Br)C(C)(C)CC=C2C(C)CC. The molecule has 0 heterocycles. The second-order valence-electron chi connectivity index (χ2n) is 7.87. The molecular weight excluding hydrogens is 407 g/mol. The number of aliphatic hydroxyl groups is 1. The zero-order valence-corrected chi connectivity index (χ0v) is 19.0. The highest BCUT2D eigenvalue weighted by Crippen LogP contribution is 2.51. The van der Waals surface area contributed by atoms with Gasteiger partial charge in [-0.2, -0.15) is 0 Å². The van der Waals surface area contributed by atoms with Crippen LogP contribution in [0.15, 0.2) is 22.4 Å². The van der Waals surface area contributed by atoms with E-state index in [4.69, 9.17) is 4.74 Å². The molecule has 1 atom stereocenters. The molecule has 1 N–H and O–H groups in total. The minimum atomic E-state index is -0.594. The summed E-state index contributed by atoms with van der Waals surface area (Å²) in [6.07, 6.45) is 4.84. The molecule has 27 heavy (non-hydrogen) atoms. The molecule has 0 aromatic heterocycles. The number of benzene rings is 1. The third-order valence-electron chi connectivity index (χ3n) is 5.62. The highest BCUT2D eigenvalue weighted by molar-refractivity contribution is 9.10. The number of allylic oxidation sites excluding steroid dienone is 3. The summed E-state index contributed by atoms with van der Waals surface area (Å²) in [6, 6.07) is 2.08. The van der Waals surface area contributed by atoms with Gasteiger partial charge in [0.1, 0.15) is 11.6 Å². The normalized spacial score (nSPS) is 17.7. The maximum absolute atomic E-state index is 14.5. The van der Waals surface area contributed by atoms with Gasteiger partial charge in [-0.15, -0.1) is 0 Å². The molecule has 0 amide bonds. The van der Waals surface area contributed by atoms with Gasteiger partial charge in [0.15, 0.2) is 0 Å². The molecular formula is C23H32BrFO2. The summed E-state index contributed by atoms with van der Waals surface area (Å²) < 4.78 is 21.4. The lowest BCUT2D eigenvalue weighted by molar-refractivity contribution is 0.298. The molecule has 0 spiro atoms. The Hall–Kier alpha value is -1.13. The van der Waals surface area contributed by atoms with Crippen LogP contribution in [0, 0.1) is 5.92 Å². The van der Waals surface area contributed by atoms with Crippen LogP contribution in [0.4, 0.5) is 4.39 Å². The maximum Gasteiger partial charge on any atom is 0.141 e. The van der Waals surface area contributed by atoms with Crippen LogP contribution in [0.3, 0.4) is 0 Å². The van der Waals surface area contributed by atoms with Gasteiger partial charge in [-0.3, -0.25) is 0 Å². The zero-order chi connectivity index (χ0) is 20.4. The van der Waals surface area contributed by atoms with Crippen molar-refractivity contribution in [1.82, 2.24) is 0 Å². The number of halogens is 2. The smallest absolute Gasteiger partial charge is 0.141 e. The van der Waals surface area contributed by atoms with E-state index in [0.717, 1.165) is 22.9 Å². The Morgan fingerprint density at radius 3 is 2.52 bits per heavy atom. The number of hydrogen-bond acceptors (Lipinski definition) is 2. The number of hydrogen-bond donors (Lipinski definition) is 1. The third-order valence-corrected chi connectivity index (χ3v) is 6.38. The van der Waals surface area contributed by atoms with Gasteiger partial charge in [0.2, 0.25) is 0 Å². The Balaban J connectivity index is 2.89. The van der Waals surface area contributed by atoms with Gasteiger partial charge in [-0.25, -0.2) is 4.39 Å². The fourth-order valence-electron chi connectivity index (χ4n) is 3.92. The van der Waals surface area contributed by atoms with E-state index in [2.05, 4.69) is 55.8 Å². The van der Waals surface area contributed by atoms with Gasteiger partial charge in [0.05, 0.1) is 17.7 Å². The van der Waals surface area contributed by atoms with Crippen molar-refractivity contribution in [2.24, 2.45) is 5.92 Å².